The van der Waals surface area contributed by atoms with Crippen LogP contribution in [0.3, 0.4) is 0 Å². The van der Waals surface area contributed by atoms with Gasteiger partial charge in [-0.3, -0.25) is 9.89 Å². The number of likely N-dealkylation sites (tertiary alicyclic amines) is 1. The number of carbonyl (C=O) groups is 2. The van der Waals surface area contributed by atoms with Crippen LogP contribution in [-0.4, -0.2) is 58.4 Å². The van der Waals surface area contributed by atoms with Crippen molar-refractivity contribution < 1.29 is 19.1 Å². The number of aromatic nitrogens is 2. The molecule has 2 aliphatic rings. The molecule has 1 aromatic heterocycles. The van der Waals surface area contributed by atoms with E-state index in [0.717, 1.165) is 46.3 Å². The van der Waals surface area contributed by atoms with Gasteiger partial charge >= 0.3 is 6.09 Å². The van der Waals surface area contributed by atoms with Crippen LogP contribution in [0.15, 0.2) is 66.7 Å². The lowest BCUT2D eigenvalue weighted by Crippen LogP contribution is -2.54. The maximum absolute atomic E-state index is 13.7. The predicted octanol–water partition coefficient (Wildman–Crippen LogP) is 5.69. The lowest BCUT2D eigenvalue weighted by molar-refractivity contribution is 0.0169. The molecule has 0 unspecified atom stereocenters. The van der Waals surface area contributed by atoms with Gasteiger partial charge in [0.2, 0.25) is 0 Å². The van der Waals surface area contributed by atoms with Crippen molar-refractivity contribution in [3.05, 3.63) is 83.4 Å². The SMILES string of the molecule is CC(C)(C)OC(=O)N1CC[C@@H](c2ccccc2)[C@H](NC(=O)c2ccc3[nH]nc(-c4ccc5c(c4)CCO5)c3c2)C1. The molecule has 0 aliphatic carbocycles. The van der Waals surface area contributed by atoms with E-state index in [1.165, 1.54) is 5.56 Å². The minimum Gasteiger partial charge on any atom is -0.493 e. The smallest absolute Gasteiger partial charge is 0.410 e. The van der Waals surface area contributed by atoms with Crippen LogP contribution < -0.4 is 10.1 Å². The molecule has 2 N–H and O–H groups in total. The van der Waals surface area contributed by atoms with Crippen molar-refractivity contribution in [3.63, 3.8) is 0 Å². The van der Waals surface area contributed by atoms with E-state index in [-0.39, 0.29) is 24.0 Å². The Morgan fingerprint density at radius 3 is 2.70 bits per heavy atom. The average molecular weight is 539 g/mol. The van der Waals surface area contributed by atoms with E-state index in [1.807, 2.05) is 69.3 Å². The Morgan fingerprint density at radius 2 is 1.90 bits per heavy atom. The number of nitrogens with one attached hydrogen (secondary N) is 2. The first kappa shape index (κ1) is 25.9. The number of aromatic amines is 1. The van der Waals surface area contributed by atoms with Gasteiger partial charge < -0.3 is 19.7 Å². The molecule has 8 heteroatoms. The zero-order chi connectivity index (χ0) is 27.9. The summed E-state index contributed by atoms with van der Waals surface area (Å²) in [5.41, 5.74) is 4.91. The average Bonchev–Trinajstić information content (AvgIpc) is 3.58. The predicted molar refractivity (Wildman–Crippen MR) is 154 cm³/mol. The zero-order valence-corrected chi connectivity index (χ0v) is 23.1. The van der Waals surface area contributed by atoms with Gasteiger partial charge in [-0.15, -0.1) is 0 Å². The number of H-pyrrole nitrogens is 1. The summed E-state index contributed by atoms with van der Waals surface area (Å²) in [5.74, 6) is 0.809. The van der Waals surface area contributed by atoms with E-state index in [9.17, 15) is 9.59 Å². The van der Waals surface area contributed by atoms with E-state index >= 15 is 0 Å². The largest absolute Gasteiger partial charge is 0.493 e. The molecule has 2 amide bonds. The highest BCUT2D eigenvalue weighted by atomic mass is 16.6. The quantitative estimate of drug-likeness (QED) is 0.348. The second-order valence-corrected chi connectivity index (χ2v) is 11.6. The monoisotopic (exact) mass is 538 g/mol. The summed E-state index contributed by atoms with van der Waals surface area (Å²) in [4.78, 5) is 28.3. The molecule has 4 aromatic rings. The highest BCUT2D eigenvalue weighted by molar-refractivity contribution is 6.01. The molecule has 3 aromatic carbocycles. The highest BCUT2D eigenvalue weighted by Crippen LogP contribution is 2.34. The Hall–Kier alpha value is -4.33. The fraction of sp³-hybridized carbons (Fsp3) is 0.344. The van der Waals surface area contributed by atoms with Gasteiger partial charge in [0.15, 0.2) is 0 Å². The molecule has 1 saturated heterocycles. The molecular weight excluding hydrogens is 504 g/mol. The summed E-state index contributed by atoms with van der Waals surface area (Å²) in [7, 11) is 0. The lowest BCUT2D eigenvalue weighted by atomic mass is 9.85. The van der Waals surface area contributed by atoms with Crippen molar-refractivity contribution >= 4 is 22.9 Å². The van der Waals surface area contributed by atoms with Crippen molar-refractivity contribution in [3.8, 4) is 17.0 Å². The maximum Gasteiger partial charge on any atom is 0.410 e. The molecular formula is C32H34N4O4. The van der Waals surface area contributed by atoms with Gasteiger partial charge in [0, 0.05) is 41.9 Å². The molecule has 40 heavy (non-hydrogen) atoms. The number of ether oxygens (including phenoxy) is 2. The van der Waals surface area contributed by atoms with Crippen LogP contribution in [-0.2, 0) is 11.2 Å². The molecule has 0 bridgehead atoms. The number of piperidine rings is 1. The fourth-order valence-electron chi connectivity index (χ4n) is 5.65. The van der Waals surface area contributed by atoms with Gasteiger partial charge in [-0.2, -0.15) is 5.10 Å². The lowest BCUT2D eigenvalue weighted by Gasteiger charge is -2.39. The van der Waals surface area contributed by atoms with Gasteiger partial charge in [0.1, 0.15) is 11.4 Å². The first-order chi connectivity index (χ1) is 19.2. The third-order valence-electron chi connectivity index (χ3n) is 7.60. The van der Waals surface area contributed by atoms with E-state index in [4.69, 9.17) is 9.47 Å². The third kappa shape index (κ3) is 5.26. The number of hydrogen-bond acceptors (Lipinski definition) is 5. The second kappa shape index (κ2) is 10.3. The van der Waals surface area contributed by atoms with Crippen molar-refractivity contribution in [2.75, 3.05) is 19.7 Å². The molecule has 0 saturated carbocycles. The second-order valence-electron chi connectivity index (χ2n) is 11.6. The summed E-state index contributed by atoms with van der Waals surface area (Å²) >= 11 is 0. The van der Waals surface area contributed by atoms with E-state index in [0.29, 0.717) is 25.3 Å². The Labute approximate surface area is 233 Å². The Bertz CT molecular complexity index is 1560. The Morgan fingerprint density at radius 1 is 1.07 bits per heavy atom. The van der Waals surface area contributed by atoms with Crippen molar-refractivity contribution in [1.82, 2.24) is 20.4 Å². The van der Waals surface area contributed by atoms with Crippen LogP contribution in [0.2, 0.25) is 0 Å². The Kier molecular flexibility index (Phi) is 6.70. The molecule has 2 atom stereocenters. The zero-order valence-electron chi connectivity index (χ0n) is 23.1. The fourth-order valence-corrected chi connectivity index (χ4v) is 5.65. The van der Waals surface area contributed by atoms with Crippen LogP contribution in [0.5, 0.6) is 5.75 Å². The van der Waals surface area contributed by atoms with Crippen LogP contribution in [0.4, 0.5) is 4.79 Å². The molecule has 0 radical (unpaired) electrons. The van der Waals surface area contributed by atoms with Crippen molar-refractivity contribution in [2.24, 2.45) is 0 Å². The number of amides is 2. The van der Waals surface area contributed by atoms with Crippen LogP contribution in [0.1, 0.15) is 54.6 Å². The van der Waals surface area contributed by atoms with Gasteiger partial charge in [0.05, 0.1) is 23.9 Å². The number of benzene rings is 3. The van der Waals surface area contributed by atoms with Gasteiger partial charge in [-0.05, 0) is 74.7 Å². The molecule has 3 heterocycles. The highest BCUT2D eigenvalue weighted by Gasteiger charge is 2.35. The van der Waals surface area contributed by atoms with Crippen LogP contribution in [0, 0.1) is 0 Å². The maximum atomic E-state index is 13.7. The molecule has 206 valence electrons. The first-order valence-corrected chi connectivity index (χ1v) is 13.8. The molecule has 6 rings (SSSR count). The Balaban J connectivity index is 1.27. The van der Waals surface area contributed by atoms with Gasteiger partial charge in [-0.1, -0.05) is 30.3 Å². The normalized spacial score (nSPS) is 18.7. The standard InChI is InChI=1S/C32H34N4O4/c1-32(2,3)40-31(38)36-15-13-24(20-7-5-4-6-8-20)27(19-36)33-30(37)23-9-11-26-25(18-23)29(35-34-26)22-10-12-28-21(17-22)14-16-39-28/h4-12,17-18,24,27H,13-16,19H2,1-3H3,(H,33,37)(H,34,35)/t24-,27+/m0/s1. The van der Waals surface area contributed by atoms with Crippen LogP contribution >= 0.6 is 0 Å². The summed E-state index contributed by atoms with van der Waals surface area (Å²) in [6.07, 6.45) is 1.24. The summed E-state index contributed by atoms with van der Waals surface area (Å²) in [6.45, 7) is 7.21. The number of nitrogens with zero attached hydrogens (tertiary/aromatic N) is 2. The first-order valence-electron chi connectivity index (χ1n) is 13.8. The third-order valence-corrected chi connectivity index (χ3v) is 7.60. The van der Waals surface area contributed by atoms with Crippen molar-refractivity contribution in [2.45, 2.75) is 51.2 Å². The minimum absolute atomic E-state index is 0.0747. The molecule has 2 aliphatic heterocycles. The summed E-state index contributed by atoms with van der Waals surface area (Å²) in [5, 5.41) is 11.8. The van der Waals surface area contributed by atoms with E-state index < -0.39 is 5.60 Å². The number of hydrogen-bond donors (Lipinski definition) is 2. The van der Waals surface area contributed by atoms with E-state index in [2.05, 4.69) is 33.7 Å². The molecule has 1 fully saturated rings. The molecule has 8 nitrogen and oxygen atoms in total. The van der Waals surface area contributed by atoms with Crippen molar-refractivity contribution in [1.29, 1.82) is 0 Å². The summed E-state index contributed by atoms with van der Waals surface area (Å²) in [6, 6.07) is 21.6. The number of fused-ring (bicyclic) bond motifs is 2. The van der Waals surface area contributed by atoms with Gasteiger partial charge in [0.25, 0.3) is 5.91 Å². The number of carbonyl (C=O) groups excluding carboxylic acids is 2. The summed E-state index contributed by atoms with van der Waals surface area (Å²) < 4.78 is 11.3. The van der Waals surface area contributed by atoms with Gasteiger partial charge in [-0.25, -0.2) is 4.79 Å². The molecule has 0 spiro atoms. The van der Waals surface area contributed by atoms with Crippen LogP contribution in [0.25, 0.3) is 22.2 Å². The number of rotatable bonds is 4. The minimum atomic E-state index is -0.588. The van der Waals surface area contributed by atoms with E-state index in [1.54, 1.807) is 4.90 Å². The topological polar surface area (TPSA) is 96.6 Å².